The van der Waals surface area contributed by atoms with Crippen molar-refractivity contribution in [1.29, 1.82) is 5.26 Å². The highest BCUT2D eigenvalue weighted by atomic mass is 35.5. The molecule has 2 rings (SSSR count). The minimum Gasteiger partial charge on any atom is -0.378 e. The summed E-state index contributed by atoms with van der Waals surface area (Å²) < 4.78 is 27.2. The fourth-order valence-corrected chi connectivity index (χ4v) is 1.77. The second kappa shape index (κ2) is 5.68. The average molecular weight is 279 g/mol. The molecule has 2 nitrogen and oxygen atoms in total. The Hall–Kier alpha value is -2.12. The van der Waals surface area contributed by atoms with Crippen LogP contribution in [0.5, 0.6) is 0 Å². The summed E-state index contributed by atoms with van der Waals surface area (Å²) in [6, 6.07) is 10.5. The largest absolute Gasteiger partial charge is 0.378 e. The first-order valence-corrected chi connectivity index (χ1v) is 5.86. The molecule has 0 unspecified atom stereocenters. The molecule has 0 saturated carbocycles. The first-order chi connectivity index (χ1) is 9.11. The minimum atomic E-state index is -0.571. The van der Waals surface area contributed by atoms with Gasteiger partial charge in [0, 0.05) is 12.1 Å². The molecule has 0 saturated heterocycles. The third kappa shape index (κ3) is 3.01. The molecule has 0 atom stereocenters. The van der Waals surface area contributed by atoms with Crippen molar-refractivity contribution in [3.8, 4) is 6.07 Å². The van der Waals surface area contributed by atoms with Gasteiger partial charge in [-0.25, -0.2) is 8.78 Å². The van der Waals surface area contributed by atoms with Gasteiger partial charge in [0.25, 0.3) is 0 Å². The first-order valence-electron chi connectivity index (χ1n) is 5.48. The van der Waals surface area contributed by atoms with Gasteiger partial charge in [0.2, 0.25) is 0 Å². The normalized spacial score (nSPS) is 10.0. The second-order valence-corrected chi connectivity index (χ2v) is 4.28. The van der Waals surface area contributed by atoms with Gasteiger partial charge in [-0.3, -0.25) is 0 Å². The summed E-state index contributed by atoms with van der Waals surface area (Å²) in [4.78, 5) is 0. The molecule has 0 aliphatic rings. The van der Waals surface area contributed by atoms with E-state index in [4.69, 9.17) is 16.9 Å². The molecule has 2 aromatic rings. The zero-order valence-corrected chi connectivity index (χ0v) is 10.5. The van der Waals surface area contributed by atoms with E-state index in [1.807, 2.05) is 6.07 Å². The highest BCUT2D eigenvalue weighted by Crippen LogP contribution is 2.22. The van der Waals surface area contributed by atoms with Gasteiger partial charge in [0.15, 0.2) is 5.82 Å². The predicted molar refractivity (Wildman–Crippen MR) is 69.9 cm³/mol. The molecule has 19 heavy (non-hydrogen) atoms. The quantitative estimate of drug-likeness (QED) is 0.917. The van der Waals surface area contributed by atoms with Gasteiger partial charge < -0.3 is 5.32 Å². The highest BCUT2D eigenvalue weighted by molar-refractivity contribution is 6.31. The summed E-state index contributed by atoms with van der Waals surface area (Å²) in [5, 5.41) is 11.4. The SMILES string of the molecule is N#Cc1ccc(CNc2cccc(Cl)c2F)c(F)c1. The van der Waals surface area contributed by atoms with E-state index < -0.39 is 11.6 Å². The second-order valence-electron chi connectivity index (χ2n) is 3.87. The van der Waals surface area contributed by atoms with E-state index in [0.29, 0.717) is 5.56 Å². The Kier molecular flexibility index (Phi) is 3.98. The van der Waals surface area contributed by atoms with Crippen molar-refractivity contribution >= 4 is 17.3 Å². The molecule has 2 aromatic carbocycles. The summed E-state index contributed by atoms with van der Waals surface area (Å²) in [6.07, 6.45) is 0. The zero-order valence-electron chi connectivity index (χ0n) is 9.75. The van der Waals surface area contributed by atoms with Crippen LogP contribution in [0.3, 0.4) is 0 Å². The van der Waals surface area contributed by atoms with Gasteiger partial charge in [-0.1, -0.05) is 23.7 Å². The lowest BCUT2D eigenvalue weighted by Crippen LogP contribution is -2.03. The topological polar surface area (TPSA) is 35.8 Å². The van der Waals surface area contributed by atoms with Crippen LogP contribution in [0.4, 0.5) is 14.5 Å². The number of rotatable bonds is 3. The Morgan fingerprint density at radius 3 is 2.68 bits per heavy atom. The standard InChI is InChI=1S/C14H9ClF2N2/c15-11-2-1-3-13(14(11)17)19-8-10-5-4-9(7-18)6-12(10)16/h1-6,19H,8H2. The van der Waals surface area contributed by atoms with Crippen LogP contribution >= 0.6 is 11.6 Å². The van der Waals surface area contributed by atoms with Crippen molar-refractivity contribution < 1.29 is 8.78 Å². The molecule has 0 fully saturated rings. The van der Waals surface area contributed by atoms with Crippen molar-refractivity contribution in [3.63, 3.8) is 0 Å². The number of nitriles is 1. The molecule has 0 aromatic heterocycles. The summed E-state index contributed by atoms with van der Waals surface area (Å²) in [7, 11) is 0. The average Bonchev–Trinajstić information content (AvgIpc) is 2.41. The van der Waals surface area contributed by atoms with Gasteiger partial charge in [-0.05, 0) is 24.3 Å². The Balaban J connectivity index is 2.15. The van der Waals surface area contributed by atoms with E-state index in [1.165, 1.54) is 24.3 Å². The molecule has 0 spiro atoms. The summed E-state index contributed by atoms with van der Waals surface area (Å²) in [5.74, 6) is -1.08. The van der Waals surface area contributed by atoms with E-state index in [9.17, 15) is 8.78 Å². The molecule has 5 heteroatoms. The number of hydrogen-bond donors (Lipinski definition) is 1. The van der Waals surface area contributed by atoms with Crippen LogP contribution in [0.15, 0.2) is 36.4 Å². The monoisotopic (exact) mass is 278 g/mol. The zero-order chi connectivity index (χ0) is 13.8. The maximum atomic E-state index is 13.6. The van der Waals surface area contributed by atoms with Gasteiger partial charge in [-0.15, -0.1) is 0 Å². The van der Waals surface area contributed by atoms with Crippen LogP contribution in [0, 0.1) is 23.0 Å². The van der Waals surface area contributed by atoms with Crippen LogP contribution in [0.2, 0.25) is 5.02 Å². The lowest BCUT2D eigenvalue weighted by atomic mass is 10.1. The lowest BCUT2D eigenvalue weighted by Gasteiger charge is -2.09. The highest BCUT2D eigenvalue weighted by Gasteiger charge is 2.07. The lowest BCUT2D eigenvalue weighted by molar-refractivity contribution is 0.610. The van der Waals surface area contributed by atoms with E-state index in [0.717, 1.165) is 6.07 Å². The number of hydrogen-bond acceptors (Lipinski definition) is 2. The Morgan fingerprint density at radius 1 is 1.21 bits per heavy atom. The molecule has 0 bridgehead atoms. The molecule has 0 heterocycles. The number of nitrogens with one attached hydrogen (secondary N) is 1. The van der Waals surface area contributed by atoms with Crippen LogP contribution in [-0.4, -0.2) is 0 Å². The maximum absolute atomic E-state index is 13.6. The van der Waals surface area contributed by atoms with Gasteiger partial charge in [0.05, 0.1) is 22.3 Å². The van der Waals surface area contributed by atoms with Crippen LogP contribution in [0.1, 0.15) is 11.1 Å². The van der Waals surface area contributed by atoms with Crippen molar-refractivity contribution in [3.05, 3.63) is 64.2 Å². The summed E-state index contributed by atoms with van der Waals surface area (Å²) in [6.45, 7) is 0.106. The molecule has 0 aliphatic carbocycles. The Labute approximate surface area is 114 Å². The van der Waals surface area contributed by atoms with E-state index in [2.05, 4.69) is 5.32 Å². The van der Waals surface area contributed by atoms with Crippen LogP contribution < -0.4 is 5.32 Å². The van der Waals surface area contributed by atoms with Crippen molar-refractivity contribution in [2.75, 3.05) is 5.32 Å². The minimum absolute atomic E-state index is 0.00491. The smallest absolute Gasteiger partial charge is 0.164 e. The van der Waals surface area contributed by atoms with Gasteiger partial charge >= 0.3 is 0 Å². The Morgan fingerprint density at radius 2 is 2.00 bits per heavy atom. The van der Waals surface area contributed by atoms with E-state index in [-0.39, 0.29) is 22.8 Å². The molecular formula is C14H9ClF2N2. The summed E-state index contributed by atoms with van der Waals surface area (Å²) >= 11 is 5.64. The van der Waals surface area contributed by atoms with Gasteiger partial charge in [-0.2, -0.15) is 5.26 Å². The molecule has 96 valence electrons. The van der Waals surface area contributed by atoms with Crippen molar-refractivity contribution in [1.82, 2.24) is 0 Å². The van der Waals surface area contributed by atoms with Gasteiger partial charge in [0.1, 0.15) is 5.82 Å². The fourth-order valence-electron chi connectivity index (χ4n) is 1.59. The number of benzene rings is 2. The molecule has 0 aliphatic heterocycles. The van der Waals surface area contributed by atoms with E-state index >= 15 is 0 Å². The molecular weight excluding hydrogens is 270 g/mol. The number of halogens is 3. The van der Waals surface area contributed by atoms with E-state index in [1.54, 1.807) is 6.07 Å². The van der Waals surface area contributed by atoms with Crippen molar-refractivity contribution in [2.45, 2.75) is 6.54 Å². The van der Waals surface area contributed by atoms with Crippen LogP contribution in [-0.2, 0) is 6.54 Å². The first kappa shape index (κ1) is 13.3. The maximum Gasteiger partial charge on any atom is 0.164 e. The fraction of sp³-hybridized carbons (Fsp3) is 0.0714. The van der Waals surface area contributed by atoms with Crippen molar-refractivity contribution in [2.24, 2.45) is 0 Å². The number of anilines is 1. The third-order valence-corrected chi connectivity index (χ3v) is 2.89. The predicted octanol–water partition coefficient (Wildman–Crippen LogP) is 4.10. The summed E-state index contributed by atoms with van der Waals surface area (Å²) in [5.41, 5.74) is 0.796. The molecule has 1 N–H and O–H groups in total. The van der Waals surface area contributed by atoms with Crippen LogP contribution in [0.25, 0.3) is 0 Å². The molecule has 0 amide bonds. The molecule has 0 radical (unpaired) electrons. The Bertz CT molecular complexity index is 650. The number of nitrogens with zero attached hydrogens (tertiary/aromatic N) is 1. The third-order valence-electron chi connectivity index (χ3n) is 2.60.